The van der Waals surface area contributed by atoms with Gasteiger partial charge in [-0.25, -0.2) is 8.42 Å². The molecule has 1 aromatic carbocycles. The molecule has 0 radical (unpaired) electrons. The van der Waals surface area contributed by atoms with Crippen LogP contribution in [-0.4, -0.2) is 43.9 Å². The number of H-pyrrole nitrogens is 1. The molecule has 1 fully saturated rings. The SMILES string of the molecule is COC(=O)C1CCN(S(=O)(=O)c2ccc3[nH]ccc3c2)CC1. The van der Waals surface area contributed by atoms with Crippen LogP contribution in [0.1, 0.15) is 12.8 Å². The normalized spacial score (nSPS) is 17.7. The van der Waals surface area contributed by atoms with Crippen molar-refractivity contribution in [1.29, 1.82) is 0 Å². The number of nitrogens with zero attached hydrogens (tertiary/aromatic N) is 1. The number of hydrogen-bond donors (Lipinski definition) is 1. The Labute approximate surface area is 129 Å². The quantitative estimate of drug-likeness (QED) is 0.873. The van der Waals surface area contributed by atoms with Crippen LogP contribution < -0.4 is 0 Å². The third-order valence-corrected chi connectivity index (χ3v) is 6.05. The van der Waals surface area contributed by atoms with Crippen LogP contribution in [0.15, 0.2) is 35.4 Å². The largest absolute Gasteiger partial charge is 0.469 e. The Bertz CT molecular complexity index is 789. The molecule has 0 amide bonds. The smallest absolute Gasteiger partial charge is 0.308 e. The minimum absolute atomic E-state index is 0.205. The molecule has 0 unspecified atom stereocenters. The van der Waals surface area contributed by atoms with Gasteiger partial charge in [-0.05, 0) is 37.1 Å². The van der Waals surface area contributed by atoms with E-state index in [-0.39, 0.29) is 16.8 Å². The third kappa shape index (κ3) is 2.62. The second kappa shape index (κ2) is 5.73. The number of sulfonamides is 1. The zero-order valence-electron chi connectivity index (χ0n) is 12.3. The van der Waals surface area contributed by atoms with E-state index in [0.29, 0.717) is 25.9 Å². The second-order valence-corrected chi connectivity index (χ2v) is 7.37. The Morgan fingerprint density at radius 3 is 2.68 bits per heavy atom. The van der Waals surface area contributed by atoms with E-state index in [4.69, 9.17) is 4.74 Å². The summed E-state index contributed by atoms with van der Waals surface area (Å²) in [5.74, 6) is -0.464. The molecule has 0 saturated carbocycles. The number of ether oxygens (including phenoxy) is 1. The van der Waals surface area contributed by atoms with E-state index in [0.717, 1.165) is 10.9 Å². The van der Waals surface area contributed by atoms with Crippen molar-refractivity contribution in [3.63, 3.8) is 0 Å². The lowest BCUT2D eigenvalue weighted by atomic mass is 9.99. The topological polar surface area (TPSA) is 79.5 Å². The first-order chi connectivity index (χ1) is 10.5. The van der Waals surface area contributed by atoms with Crippen molar-refractivity contribution in [2.24, 2.45) is 5.92 Å². The van der Waals surface area contributed by atoms with Gasteiger partial charge in [-0.3, -0.25) is 4.79 Å². The number of carbonyl (C=O) groups excluding carboxylic acids is 1. The summed E-state index contributed by atoms with van der Waals surface area (Å²) in [5.41, 5.74) is 0.906. The highest BCUT2D eigenvalue weighted by Gasteiger charge is 2.32. The summed E-state index contributed by atoms with van der Waals surface area (Å²) in [5, 5.41) is 0.866. The highest BCUT2D eigenvalue weighted by atomic mass is 32.2. The highest BCUT2D eigenvalue weighted by molar-refractivity contribution is 7.89. The van der Waals surface area contributed by atoms with E-state index in [1.807, 2.05) is 6.07 Å². The van der Waals surface area contributed by atoms with Gasteiger partial charge < -0.3 is 9.72 Å². The summed E-state index contributed by atoms with van der Waals surface area (Å²) in [6.45, 7) is 0.681. The molecule has 0 spiro atoms. The molecule has 2 aromatic rings. The first-order valence-corrected chi connectivity index (χ1v) is 8.61. The molecular weight excluding hydrogens is 304 g/mol. The molecule has 0 aliphatic carbocycles. The predicted molar refractivity (Wildman–Crippen MR) is 81.8 cm³/mol. The van der Waals surface area contributed by atoms with Crippen molar-refractivity contribution in [1.82, 2.24) is 9.29 Å². The highest BCUT2D eigenvalue weighted by Crippen LogP contribution is 2.26. The number of benzene rings is 1. The minimum atomic E-state index is -3.52. The molecule has 1 aliphatic rings. The molecular formula is C15H18N2O4S. The summed E-state index contributed by atoms with van der Waals surface area (Å²) >= 11 is 0. The van der Waals surface area contributed by atoms with Crippen LogP contribution in [0.4, 0.5) is 0 Å². The fourth-order valence-electron chi connectivity index (χ4n) is 2.84. The molecule has 22 heavy (non-hydrogen) atoms. The first-order valence-electron chi connectivity index (χ1n) is 7.17. The molecule has 3 rings (SSSR count). The van der Waals surface area contributed by atoms with Crippen LogP contribution in [-0.2, 0) is 19.6 Å². The van der Waals surface area contributed by atoms with Crippen molar-refractivity contribution in [3.05, 3.63) is 30.5 Å². The zero-order chi connectivity index (χ0) is 15.7. The second-order valence-electron chi connectivity index (χ2n) is 5.43. The fraction of sp³-hybridized carbons (Fsp3) is 0.400. The first kappa shape index (κ1) is 15.1. The van der Waals surface area contributed by atoms with Gasteiger partial charge in [0.05, 0.1) is 17.9 Å². The average Bonchev–Trinajstić information content (AvgIpc) is 3.01. The molecule has 1 aromatic heterocycles. The average molecular weight is 322 g/mol. The summed E-state index contributed by atoms with van der Waals surface area (Å²) in [7, 11) is -2.16. The molecule has 1 aliphatic heterocycles. The van der Waals surface area contributed by atoms with Gasteiger partial charge in [0.2, 0.25) is 10.0 Å². The zero-order valence-corrected chi connectivity index (χ0v) is 13.1. The number of aromatic amines is 1. The number of carbonyl (C=O) groups is 1. The number of esters is 1. The summed E-state index contributed by atoms with van der Waals surface area (Å²) in [4.78, 5) is 14.8. The van der Waals surface area contributed by atoms with Gasteiger partial charge in [0, 0.05) is 30.2 Å². The van der Waals surface area contributed by atoms with E-state index in [1.54, 1.807) is 24.4 Å². The molecule has 7 heteroatoms. The number of aromatic nitrogens is 1. The van der Waals surface area contributed by atoms with E-state index in [2.05, 4.69) is 4.98 Å². The standard InChI is InChI=1S/C15H18N2O4S/c1-21-15(18)11-5-8-17(9-6-11)22(19,20)13-2-3-14-12(10-13)4-7-16-14/h2-4,7,10-11,16H,5-6,8-9H2,1H3. The van der Waals surface area contributed by atoms with E-state index in [9.17, 15) is 13.2 Å². The fourth-order valence-corrected chi connectivity index (χ4v) is 4.35. The van der Waals surface area contributed by atoms with Crippen molar-refractivity contribution in [3.8, 4) is 0 Å². The number of rotatable bonds is 3. The molecule has 1 saturated heterocycles. The van der Waals surface area contributed by atoms with Crippen LogP contribution in [0.25, 0.3) is 10.9 Å². The van der Waals surface area contributed by atoms with Crippen LogP contribution >= 0.6 is 0 Å². The van der Waals surface area contributed by atoms with Crippen LogP contribution in [0, 0.1) is 5.92 Å². The predicted octanol–water partition coefficient (Wildman–Crippen LogP) is 1.74. The maximum atomic E-state index is 12.7. The van der Waals surface area contributed by atoms with Gasteiger partial charge in [-0.15, -0.1) is 0 Å². The van der Waals surface area contributed by atoms with Crippen molar-refractivity contribution >= 4 is 26.9 Å². The van der Waals surface area contributed by atoms with Crippen molar-refractivity contribution < 1.29 is 17.9 Å². The lowest BCUT2D eigenvalue weighted by Crippen LogP contribution is -2.40. The Morgan fingerprint density at radius 2 is 2.00 bits per heavy atom. The number of nitrogens with one attached hydrogen (secondary N) is 1. The van der Waals surface area contributed by atoms with Crippen molar-refractivity contribution in [2.45, 2.75) is 17.7 Å². The van der Waals surface area contributed by atoms with Gasteiger partial charge in [-0.1, -0.05) is 0 Å². The Kier molecular flexibility index (Phi) is 3.92. The van der Waals surface area contributed by atoms with Gasteiger partial charge in [0.15, 0.2) is 0 Å². The molecule has 1 N–H and O–H groups in total. The molecule has 0 atom stereocenters. The molecule has 6 nitrogen and oxygen atoms in total. The van der Waals surface area contributed by atoms with Gasteiger partial charge in [-0.2, -0.15) is 4.31 Å². The maximum absolute atomic E-state index is 12.7. The van der Waals surface area contributed by atoms with Crippen molar-refractivity contribution in [2.75, 3.05) is 20.2 Å². The van der Waals surface area contributed by atoms with Crippen LogP contribution in [0.2, 0.25) is 0 Å². The number of hydrogen-bond acceptors (Lipinski definition) is 4. The van der Waals surface area contributed by atoms with Gasteiger partial charge in [0.1, 0.15) is 0 Å². The summed E-state index contributed by atoms with van der Waals surface area (Å²) in [6, 6.07) is 6.90. The number of methoxy groups -OCH3 is 1. The number of piperidine rings is 1. The third-order valence-electron chi connectivity index (χ3n) is 4.15. The maximum Gasteiger partial charge on any atom is 0.308 e. The van der Waals surface area contributed by atoms with E-state index in [1.165, 1.54) is 11.4 Å². The van der Waals surface area contributed by atoms with E-state index < -0.39 is 10.0 Å². The lowest BCUT2D eigenvalue weighted by molar-refractivity contribution is -0.146. The minimum Gasteiger partial charge on any atom is -0.469 e. The van der Waals surface area contributed by atoms with Crippen LogP contribution in [0.3, 0.4) is 0 Å². The summed E-state index contributed by atoms with van der Waals surface area (Å²) < 4.78 is 31.6. The monoisotopic (exact) mass is 322 g/mol. The van der Waals surface area contributed by atoms with Gasteiger partial charge >= 0.3 is 5.97 Å². The van der Waals surface area contributed by atoms with Gasteiger partial charge in [0.25, 0.3) is 0 Å². The Morgan fingerprint density at radius 1 is 1.27 bits per heavy atom. The number of fused-ring (bicyclic) bond motifs is 1. The van der Waals surface area contributed by atoms with Crippen LogP contribution in [0.5, 0.6) is 0 Å². The molecule has 118 valence electrons. The molecule has 2 heterocycles. The Hall–Kier alpha value is -1.86. The van der Waals surface area contributed by atoms with E-state index >= 15 is 0 Å². The Balaban J connectivity index is 1.80. The lowest BCUT2D eigenvalue weighted by Gasteiger charge is -2.29. The summed E-state index contributed by atoms with van der Waals surface area (Å²) in [6.07, 6.45) is 2.78. The molecule has 0 bridgehead atoms.